The van der Waals surface area contributed by atoms with E-state index in [1.807, 2.05) is 11.4 Å². The fourth-order valence-electron chi connectivity index (χ4n) is 2.29. The Labute approximate surface area is 122 Å². The zero-order valence-electron chi connectivity index (χ0n) is 11.3. The van der Waals surface area contributed by atoms with Gasteiger partial charge in [0.1, 0.15) is 0 Å². The average Bonchev–Trinajstić information content (AvgIpc) is 2.91. The van der Waals surface area contributed by atoms with Crippen LogP contribution >= 0.6 is 11.3 Å². The standard InChI is InChI=1S/C14H19NO4S/c16-13(5-1-3-12-4-2-8-20-12)15-6-7-19-11(10-15)9-14(17)18/h2,4,8,11H,1,3,5-7,9-10H2,(H,17,18)/t11-/m1/s1. The Bertz CT molecular complexity index is 446. The van der Waals surface area contributed by atoms with E-state index in [2.05, 4.69) is 6.07 Å². The maximum absolute atomic E-state index is 12.1. The summed E-state index contributed by atoms with van der Waals surface area (Å²) in [6.07, 6.45) is 1.85. The number of hydrogen-bond acceptors (Lipinski definition) is 4. The van der Waals surface area contributed by atoms with Gasteiger partial charge in [0.15, 0.2) is 0 Å². The molecule has 1 fully saturated rings. The van der Waals surface area contributed by atoms with Crippen molar-refractivity contribution in [2.45, 2.75) is 31.8 Å². The van der Waals surface area contributed by atoms with Gasteiger partial charge in [-0.2, -0.15) is 0 Å². The van der Waals surface area contributed by atoms with Crippen molar-refractivity contribution in [3.8, 4) is 0 Å². The van der Waals surface area contributed by atoms with Crippen molar-refractivity contribution in [1.29, 1.82) is 0 Å². The lowest BCUT2D eigenvalue weighted by Gasteiger charge is -2.32. The van der Waals surface area contributed by atoms with Crippen LogP contribution in [-0.4, -0.2) is 47.7 Å². The Balaban J connectivity index is 1.72. The molecule has 0 aliphatic carbocycles. The molecule has 1 amide bonds. The minimum absolute atomic E-state index is 0.0427. The van der Waals surface area contributed by atoms with E-state index in [-0.39, 0.29) is 18.4 Å². The second kappa shape index (κ2) is 7.40. The highest BCUT2D eigenvalue weighted by atomic mass is 32.1. The minimum Gasteiger partial charge on any atom is -0.481 e. The van der Waals surface area contributed by atoms with Crippen LogP contribution in [0.25, 0.3) is 0 Å². The first-order valence-electron chi connectivity index (χ1n) is 6.78. The molecule has 2 heterocycles. The van der Waals surface area contributed by atoms with E-state index in [0.29, 0.717) is 26.1 Å². The van der Waals surface area contributed by atoms with Crippen molar-refractivity contribution in [2.75, 3.05) is 19.7 Å². The molecule has 1 saturated heterocycles. The first-order chi connectivity index (χ1) is 9.65. The van der Waals surface area contributed by atoms with Gasteiger partial charge in [-0.25, -0.2) is 0 Å². The van der Waals surface area contributed by atoms with Crippen LogP contribution in [0.3, 0.4) is 0 Å². The number of carbonyl (C=O) groups is 2. The van der Waals surface area contributed by atoms with Crippen molar-refractivity contribution in [1.82, 2.24) is 4.90 Å². The van der Waals surface area contributed by atoms with Gasteiger partial charge < -0.3 is 14.7 Å². The summed E-state index contributed by atoms with van der Waals surface area (Å²) < 4.78 is 5.36. The van der Waals surface area contributed by atoms with Crippen LogP contribution in [0.15, 0.2) is 17.5 Å². The predicted molar refractivity (Wildman–Crippen MR) is 75.8 cm³/mol. The fourth-order valence-corrected chi connectivity index (χ4v) is 3.04. The number of aryl methyl sites for hydroxylation is 1. The first kappa shape index (κ1) is 15.0. The number of morpholine rings is 1. The zero-order chi connectivity index (χ0) is 14.4. The SMILES string of the molecule is O=C(O)C[C@@H]1CN(C(=O)CCCc2cccs2)CCO1. The largest absolute Gasteiger partial charge is 0.481 e. The van der Waals surface area contributed by atoms with Gasteiger partial charge in [-0.1, -0.05) is 6.07 Å². The maximum atomic E-state index is 12.1. The Morgan fingerprint density at radius 2 is 2.35 bits per heavy atom. The summed E-state index contributed by atoms with van der Waals surface area (Å²) in [5.41, 5.74) is 0. The molecule has 1 atom stereocenters. The molecule has 110 valence electrons. The van der Waals surface area contributed by atoms with Gasteiger partial charge in [0.25, 0.3) is 0 Å². The van der Waals surface area contributed by atoms with E-state index in [9.17, 15) is 9.59 Å². The smallest absolute Gasteiger partial charge is 0.306 e. The Morgan fingerprint density at radius 3 is 3.05 bits per heavy atom. The van der Waals surface area contributed by atoms with Crippen molar-refractivity contribution < 1.29 is 19.4 Å². The van der Waals surface area contributed by atoms with Crippen LogP contribution < -0.4 is 0 Å². The Kier molecular flexibility index (Phi) is 5.55. The normalized spacial score (nSPS) is 19.0. The lowest BCUT2D eigenvalue weighted by molar-refractivity contribution is -0.147. The molecule has 1 aliphatic heterocycles. The van der Waals surface area contributed by atoms with Gasteiger partial charge in [0.2, 0.25) is 5.91 Å². The van der Waals surface area contributed by atoms with Gasteiger partial charge in [0, 0.05) is 24.4 Å². The highest BCUT2D eigenvalue weighted by Gasteiger charge is 2.25. The van der Waals surface area contributed by atoms with Crippen molar-refractivity contribution in [3.63, 3.8) is 0 Å². The molecule has 0 bridgehead atoms. The number of ether oxygens (including phenoxy) is 1. The summed E-state index contributed by atoms with van der Waals surface area (Å²) in [4.78, 5) is 25.8. The number of thiophene rings is 1. The van der Waals surface area contributed by atoms with Crippen LogP contribution in [0.1, 0.15) is 24.1 Å². The number of hydrogen-bond donors (Lipinski definition) is 1. The molecule has 1 aromatic heterocycles. The quantitative estimate of drug-likeness (QED) is 0.869. The molecule has 5 nitrogen and oxygen atoms in total. The average molecular weight is 297 g/mol. The number of carboxylic acid groups (broad SMARTS) is 1. The summed E-state index contributed by atoms with van der Waals surface area (Å²) >= 11 is 1.71. The molecule has 0 saturated carbocycles. The third-order valence-electron chi connectivity index (χ3n) is 3.29. The van der Waals surface area contributed by atoms with E-state index < -0.39 is 5.97 Å². The van der Waals surface area contributed by atoms with Gasteiger partial charge in [-0.05, 0) is 24.3 Å². The highest BCUT2D eigenvalue weighted by Crippen LogP contribution is 2.14. The number of carbonyl (C=O) groups excluding carboxylic acids is 1. The van der Waals surface area contributed by atoms with Crippen LogP contribution in [0, 0.1) is 0 Å². The summed E-state index contributed by atoms with van der Waals surface area (Å²) in [5.74, 6) is -0.790. The third-order valence-corrected chi connectivity index (χ3v) is 4.22. The number of carboxylic acids is 1. The van der Waals surface area contributed by atoms with Crippen LogP contribution in [-0.2, 0) is 20.7 Å². The monoisotopic (exact) mass is 297 g/mol. The van der Waals surface area contributed by atoms with Gasteiger partial charge >= 0.3 is 5.97 Å². The van der Waals surface area contributed by atoms with Gasteiger partial charge in [-0.3, -0.25) is 9.59 Å². The van der Waals surface area contributed by atoms with Crippen LogP contribution in [0.4, 0.5) is 0 Å². The van der Waals surface area contributed by atoms with E-state index in [1.165, 1.54) is 4.88 Å². The molecule has 0 unspecified atom stereocenters. The van der Waals surface area contributed by atoms with E-state index in [4.69, 9.17) is 9.84 Å². The second-order valence-corrected chi connectivity index (χ2v) is 5.90. The molecular weight excluding hydrogens is 278 g/mol. The summed E-state index contributed by atoms with van der Waals surface area (Å²) in [6.45, 7) is 1.38. The van der Waals surface area contributed by atoms with Crippen LogP contribution in [0.5, 0.6) is 0 Å². The second-order valence-electron chi connectivity index (χ2n) is 4.86. The van der Waals surface area contributed by atoms with Crippen molar-refractivity contribution in [2.24, 2.45) is 0 Å². The van der Waals surface area contributed by atoms with E-state index in [1.54, 1.807) is 16.2 Å². The van der Waals surface area contributed by atoms with Crippen LogP contribution in [0.2, 0.25) is 0 Å². The Hall–Kier alpha value is -1.40. The fraction of sp³-hybridized carbons (Fsp3) is 0.571. The Morgan fingerprint density at radius 1 is 1.50 bits per heavy atom. The van der Waals surface area contributed by atoms with Crippen molar-refractivity contribution >= 4 is 23.2 Å². The minimum atomic E-state index is -0.887. The third kappa shape index (κ3) is 4.61. The number of rotatable bonds is 6. The molecule has 6 heteroatoms. The lowest BCUT2D eigenvalue weighted by Crippen LogP contribution is -2.46. The molecule has 1 N–H and O–H groups in total. The summed E-state index contributed by atoms with van der Waals surface area (Å²) in [5, 5.41) is 10.8. The highest BCUT2D eigenvalue weighted by molar-refractivity contribution is 7.09. The number of amides is 1. The summed E-state index contributed by atoms with van der Waals surface area (Å²) in [7, 11) is 0. The molecule has 1 aromatic rings. The zero-order valence-corrected chi connectivity index (χ0v) is 12.1. The molecule has 20 heavy (non-hydrogen) atoms. The van der Waals surface area contributed by atoms with E-state index >= 15 is 0 Å². The molecule has 0 aromatic carbocycles. The molecule has 0 spiro atoms. The summed E-state index contributed by atoms with van der Waals surface area (Å²) in [6, 6.07) is 4.09. The number of nitrogens with zero attached hydrogens (tertiary/aromatic N) is 1. The van der Waals surface area contributed by atoms with Gasteiger partial charge in [0.05, 0.1) is 19.1 Å². The molecule has 1 aliphatic rings. The van der Waals surface area contributed by atoms with E-state index in [0.717, 1.165) is 12.8 Å². The molecular formula is C14H19NO4S. The topological polar surface area (TPSA) is 66.8 Å². The molecule has 2 rings (SSSR count). The predicted octanol–water partition coefficient (Wildman–Crippen LogP) is 1.77. The van der Waals surface area contributed by atoms with Crippen molar-refractivity contribution in [3.05, 3.63) is 22.4 Å². The molecule has 0 radical (unpaired) electrons. The number of aliphatic carboxylic acids is 1. The lowest BCUT2D eigenvalue weighted by atomic mass is 10.1. The first-order valence-corrected chi connectivity index (χ1v) is 7.66. The maximum Gasteiger partial charge on any atom is 0.306 e. The van der Waals surface area contributed by atoms with Gasteiger partial charge in [-0.15, -0.1) is 11.3 Å².